The van der Waals surface area contributed by atoms with Gasteiger partial charge in [0.2, 0.25) is 15.9 Å². The van der Waals surface area contributed by atoms with Gasteiger partial charge in [-0.1, -0.05) is 25.0 Å². The van der Waals surface area contributed by atoms with Crippen LogP contribution in [0.15, 0.2) is 24.3 Å². The predicted octanol–water partition coefficient (Wildman–Crippen LogP) is 2.03. The predicted molar refractivity (Wildman–Crippen MR) is 91.5 cm³/mol. The molecule has 134 valence electrons. The lowest BCUT2D eigenvalue weighted by molar-refractivity contribution is -0.133. The summed E-state index contributed by atoms with van der Waals surface area (Å²) in [6.07, 6.45) is 5.82. The molecular weight excluding hydrogens is 331 g/mol. The highest BCUT2D eigenvalue weighted by molar-refractivity contribution is 7.88. The molecule has 7 heteroatoms. The molecule has 1 aromatic carbocycles. The summed E-state index contributed by atoms with van der Waals surface area (Å²) in [5.41, 5.74) is 0.962. The number of hydrogen-bond acceptors (Lipinski definition) is 3. The third kappa shape index (κ3) is 5.27. The van der Waals surface area contributed by atoms with Crippen molar-refractivity contribution < 1.29 is 17.6 Å². The Morgan fingerprint density at radius 3 is 2.33 bits per heavy atom. The molecule has 0 atom stereocenters. The Morgan fingerprint density at radius 1 is 1.21 bits per heavy atom. The smallest absolute Gasteiger partial charge is 0.238 e. The van der Waals surface area contributed by atoms with Crippen LogP contribution in [-0.2, 0) is 21.2 Å². The van der Waals surface area contributed by atoms with Crippen LogP contribution in [0.25, 0.3) is 0 Å². The largest absolute Gasteiger partial charge is 0.338 e. The van der Waals surface area contributed by atoms with Gasteiger partial charge in [-0.15, -0.1) is 0 Å². The molecule has 1 fully saturated rings. The summed E-state index contributed by atoms with van der Waals surface area (Å²) in [6, 6.07) is 6.43. The molecule has 1 amide bonds. The number of sulfonamides is 1. The molecule has 0 aliphatic heterocycles. The first-order valence-corrected chi connectivity index (χ1v) is 10.1. The topological polar surface area (TPSA) is 57.7 Å². The number of carbonyl (C=O) groups excluding carboxylic acids is 1. The third-order valence-electron chi connectivity index (χ3n) is 4.56. The van der Waals surface area contributed by atoms with Crippen molar-refractivity contribution >= 4 is 15.9 Å². The van der Waals surface area contributed by atoms with Crippen LogP contribution in [0.3, 0.4) is 0 Å². The van der Waals surface area contributed by atoms with E-state index in [1.54, 1.807) is 17.0 Å². The first-order chi connectivity index (χ1) is 11.3. The van der Waals surface area contributed by atoms with E-state index in [2.05, 4.69) is 0 Å². The first-order valence-electron chi connectivity index (χ1n) is 8.22. The minimum Gasteiger partial charge on any atom is -0.338 e. The molecule has 24 heavy (non-hydrogen) atoms. The minimum atomic E-state index is -3.38. The number of carbonyl (C=O) groups is 1. The van der Waals surface area contributed by atoms with Crippen molar-refractivity contribution in [1.82, 2.24) is 9.21 Å². The Hall–Kier alpha value is -1.47. The molecule has 5 nitrogen and oxygen atoms in total. The average Bonchev–Trinajstić information content (AvgIpc) is 3.02. The second kappa shape index (κ2) is 8.07. The lowest BCUT2D eigenvalue weighted by Crippen LogP contribution is -2.46. The summed E-state index contributed by atoms with van der Waals surface area (Å²) in [4.78, 5) is 14.4. The van der Waals surface area contributed by atoms with E-state index in [1.807, 2.05) is 0 Å². The quantitative estimate of drug-likeness (QED) is 0.751. The standard InChI is InChI=1S/C17H25FN2O3S/c1-19(24(2,22)23)13-17(21)20(16-5-3-4-6-16)12-11-14-7-9-15(18)10-8-14/h7-10,16H,3-6,11-13H2,1-2H3. The van der Waals surface area contributed by atoms with Crippen LogP contribution in [0.4, 0.5) is 4.39 Å². The summed E-state index contributed by atoms with van der Waals surface area (Å²) in [7, 11) is -1.97. The van der Waals surface area contributed by atoms with Gasteiger partial charge in [0.05, 0.1) is 12.8 Å². The molecule has 0 heterocycles. The van der Waals surface area contributed by atoms with Crippen LogP contribution in [0.1, 0.15) is 31.2 Å². The van der Waals surface area contributed by atoms with E-state index in [1.165, 1.54) is 19.2 Å². The normalized spacial score (nSPS) is 15.8. The van der Waals surface area contributed by atoms with Crippen LogP contribution in [0, 0.1) is 5.82 Å². The molecular formula is C17H25FN2O3S. The van der Waals surface area contributed by atoms with E-state index < -0.39 is 10.0 Å². The van der Waals surface area contributed by atoms with Gasteiger partial charge in [-0.25, -0.2) is 12.8 Å². The van der Waals surface area contributed by atoms with Crippen LogP contribution in [0.2, 0.25) is 0 Å². The molecule has 0 spiro atoms. The van der Waals surface area contributed by atoms with Gasteiger partial charge in [-0.2, -0.15) is 4.31 Å². The molecule has 0 saturated heterocycles. The molecule has 0 N–H and O–H groups in total. The maximum absolute atomic E-state index is 13.0. The molecule has 1 aromatic rings. The average molecular weight is 356 g/mol. The van der Waals surface area contributed by atoms with Gasteiger partial charge in [-0.05, 0) is 37.0 Å². The lowest BCUT2D eigenvalue weighted by Gasteiger charge is -2.30. The van der Waals surface area contributed by atoms with Gasteiger partial charge in [0.1, 0.15) is 5.82 Å². The van der Waals surface area contributed by atoms with Gasteiger partial charge in [0.15, 0.2) is 0 Å². The highest BCUT2D eigenvalue weighted by Gasteiger charge is 2.28. The number of benzene rings is 1. The summed E-state index contributed by atoms with van der Waals surface area (Å²) in [6.45, 7) is 0.380. The van der Waals surface area contributed by atoms with E-state index in [4.69, 9.17) is 0 Å². The van der Waals surface area contributed by atoms with Gasteiger partial charge in [-0.3, -0.25) is 4.79 Å². The summed E-state index contributed by atoms with van der Waals surface area (Å²) >= 11 is 0. The SMILES string of the molecule is CN(CC(=O)N(CCc1ccc(F)cc1)C1CCCC1)S(C)(=O)=O. The first kappa shape index (κ1) is 18.9. The zero-order valence-corrected chi connectivity index (χ0v) is 15.1. The molecule has 1 aliphatic carbocycles. The zero-order valence-electron chi connectivity index (χ0n) is 14.2. The second-order valence-corrected chi connectivity index (χ2v) is 8.51. The van der Waals surface area contributed by atoms with Crippen molar-refractivity contribution in [2.45, 2.75) is 38.1 Å². The lowest BCUT2D eigenvalue weighted by atomic mass is 10.1. The molecule has 0 unspecified atom stereocenters. The van der Waals surface area contributed by atoms with E-state index >= 15 is 0 Å². The molecule has 0 radical (unpaired) electrons. The number of rotatable bonds is 7. The summed E-state index contributed by atoms with van der Waals surface area (Å²) in [5.74, 6) is -0.450. The van der Waals surface area contributed by atoms with E-state index in [0.717, 1.165) is 41.8 Å². The number of halogens is 1. The van der Waals surface area contributed by atoms with Gasteiger partial charge < -0.3 is 4.90 Å². The third-order valence-corrected chi connectivity index (χ3v) is 5.83. The van der Waals surface area contributed by atoms with Gasteiger partial charge >= 0.3 is 0 Å². The Morgan fingerprint density at radius 2 is 1.79 bits per heavy atom. The number of likely N-dealkylation sites (N-methyl/N-ethyl adjacent to an activating group) is 1. The van der Waals surface area contributed by atoms with Crippen molar-refractivity contribution in [3.8, 4) is 0 Å². The van der Waals surface area contributed by atoms with Crippen molar-refractivity contribution in [1.29, 1.82) is 0 Å². The number of amides is 1. The fourth-order valence-corrected chi connectivity index (χ4v) is 3.37. The molecule has 1 saturated carbocycles. The molecule has 2 rings (SSSR count). The second-order valence-electron chi connectivity index (χ2n) is 6.42. The van der Waals surface area contributed by atoms with E-state index in [0.29, 0.717) is 13.0 Å². The van der Waals surface area contributed by atoms with Crippen LogP contribution >= 0.6 is 0 Å². The van der Waals surface area contributed by atoms with E-state index in [-0.39, 0.29) is 24.3 Å². The van der Waals surface area contributed by atoms with Gasteiger partial charge in [0, 0.05) is 19.6 Å². The molecule has 0 aromatic heterocycles. The van der Waals surface area contributed by atoms with Crippen molar-refractivity contribution in [2.75, 3.05) is 26.4 Å². The summed E-state index contributed by atoms with van der Waals surface area (Å²) in [5, 5.41) is 0. The Labute approximate surface area is 143 Å². The van der Waals surface area contributed by atoms with E-state index in [9.17, 15) is 17.6 Å². The van der Waals surface area contributed by atoms with Gasteiger partial charge in [0.25, 0.3) is 0 Å². The fourth-order valence-electron chi connectivity index (χ4n) is 3.03. The van der Waals surface area contributed by atoms with Crippen LogP contribution in [0.5, 0.6) is 0 Å². The zero-order chi connectivity index (χ0) is 17.7. The van der Waals surface area contributed by atoms with Crippen molar-refractivity contribution in [2.24, 2.45) is 0 Å². The van der Waals surface area contributed by atoms with Crippen LogP contribution < -0.4 is 0 Å². The monoisotopic (exact) mass is 356 g/mol. The highest BCUT2D eigenvalue weighted by Crippen LogP contribution is 2.24. The maximum Gasteiger partial charge on any atom is 0.238 e. The molecule has 1 aliphatic rings. The Kier molecular flexibility index (Phi) is 6.34. The minimum absolute atomic E-state index is 0.140. The van der Waals surface area contributed by atoms with Crippen LogP contribution in [-0.4, -0.2) is 56.0 Å². The van der Waals surface area contributed by atoms with Crippen molar-refractivity contribution in [3.05, 3.63) is 35.6 Å². The summed E-state index contributed by atoms with van der Waals surface area (Å²) < 4.78 is 37.1. The Balaban J connectivity index is 2.03. The highest BCUT2D eigenvalue weighted by atomic mass is 32.2. The molecule has 0 bridgehead atoms. The number of nitrogens with zero attached hydrogens (tertiary/aromatic N) is 2. The van der Waals surface area contributed by atoms with Crippen molar-refractivity contribution in [3.63, 3.8) is 0 Å². The maximum atomic E-state index is 13.0. The Bertz CT molecular complexity index is 655. The fraction of sp³-hybridized carbons (Fsp3) is 0.588. The number of hydrogen-bond donors (Lipinski definition) is 0.